The molecule has 0 saturated carbocycles. The maximum atomic E-state index is 13.2. The van der Waals surface area contributed by atoms with Gasteiger partial charge in [-0.05, 0) is 31.5 Å². The fourth-order valence-electron chi connectivity index (χ4n) is 1.65. The molecule has 0 saturated heterocycles. The molecule has 0 bridgehead atoms. The van der Waals surface area contributed by atoms with Crippen molar-refractivity contribution in [2.75, 3.05) is 26.4 Å². The Morgan fingerprint density at radius 2 is 2.29 bits per heavy atom. The zero-order valence-electron chi connectivity index (χ0n) is 12.1. The quantitative estimate of drug-likeness (QED) is 0.594. The minimum Gasteiger partial charge on any atom is -0.395 e. The highest BCUT2D eigenvalue weighted by molar-refractivity contribution is 5.96. The molecule has 0 aliphatic heterocycles. The first-order chi connectivity index (χ1) is 10.2. The van der Waals surface area contributed by atoms with E-state index in [0.717, 1.165) is 0 Å². The molecule has 0 aliphatic rings. The number of nitrogens with one attached hydrogen (secondary N) is 1. The summed E-state index contributed by atoms with van der Waals surface area (Å²) >= 11 is 0. The predicted octanol–water partition coefficient (Wildman–Crippen LogP) is 1.72. The molecule has 0 radical (unpaired) electrons. The number of ether oxygens (including phenoxy) is 1. The van der Waals surface area contributed by atoms with Gasteiger partial charge in [-0.1, -0.05) is 11.8 Å². The monoisotopic (exact) mass is 293 g/mol. The molecule has 0 heterocycles. The Kier molecular flexibility index (Phi) is 8.10. The van der Waals surface area contributed by atoms with Crippen LogP contribution < -0.4 is 5.32 Å². The van der Waals surface area contributed by atoms with Gasteiger partial charge in [0.2, 0.25) is 0 Å². The largest absolute Gasteiger partial charge is 0.395 e. The number of rotatable bonds is 7. The third kappa shape index (κ3) is 6.39. The van der Waals surface area contributed by atoms with E-state index < -0.39 is 5.82 Å². The molecule has 0 atom stereocenters. The SMILES string of the molecule is CCOCCCNC(=O)c1ccc(F)cc1C#CCCO. The lowest BCUT2D eigenvalue weighted by Gasteiger charge is -2.07. The van der Waals surface area contributed by atoms with Gasteiger partial charge in [-0.15, -0.1) is 0 Å². The Labute approximate surface area is 124 Å². The summed E-state index contributed by atoms with van der Waals surface area (Å²) in [6, 6.07) is 3.86. The molecule has 5 heteroatoms. The van der Waals surface area contributed by atoms with Gasteiger partial charge in [-0.2, -0.15) is 0 Å². The molecule has 4 nitrogen and oxygen atoms in total. The Hall–Kier alpha value is -1.90. The molecule has 1 aromatic rings. The van der Waals surface area contributed by atoms with E-state index in [0.29, 0.717) is 37.3 Å². The molecule has 0 spiro atoms. The number of hydrogen-bond donors (Lipinski definition) is 2. The van der Waals surface area contributed by atoms with E-state index in [1.807, 2.05) is 6.92 Å². The zero-order chi connectivity index (χ0) is 15.5. The molecule has 0 aromatic heterocycles. The van der Waals surface area contributed by atoms with E-state index in [-0.39, 0.29) is 18.9 Å². The van der Waals surface area contributed by atoms with Crippen LogP contribution in [-0.2, 0) is 4.74 Å². The number of aliphatic hydroxyl groups is 1. The number of carbonyl (C=O) groups excluding carboxylic acids is 1. The van der Waals surface area contributed by atoms with Gasteiger partial charge in [0.25, 0.3) is 5.91 Å². The normalized spacial score (nSPS) is 9.86. The summed E-state index contributed by atoms with van der Waals surface area (Å²) in [6.45, 7) is 3.56. The summed E-state index contributed by atoms with van der Waals surface area (Å²) in [4.78, 5) is 12.1. The van der Waals surface area contributed by atoms with Crippen LogP contribution in [-0.4, -0.2) is 37.4 Å². The fraction of sp³-hybridized carbons (Fsp3) is 0.438. The summed E-state index contributed by atoms with van der Waals surface area (Å²) in [7, 11) is 0. The highest BCUT2D eigenvalue weighted by atomic mass is 19.1. The van der Waals surface area contributed by atoms with Crippen molar-refractivity contribution in [1.82, 2.24) is 5.32 Å². The van der Waals surface area contributed by atoms with Gasteiger partial charge >= 0.3 is 0 Å². The highest BCUT2D eigenvalue weighted by Gasteiger charge is 2.10. The first kappa shape index (κ1) is 17.2. The van der Waals surface area contributed by atoms with Crippen molar-refractivity contribution in [2.45, 2.75) is 19.8 Å². The number of aliphatic hydroxyl groups excluding tert-OH is 1. The highest BCUT2D eigenvalue weighted by Crippen LogP contribution is 2.10. The number of halogens is 1. The summed E-state index contributed by atoms with van der Waals surface area (Å²) in [5.74, 6) is 4.66. The summed E-state index contributed by atoms with van der Waals surface area (Å²) in [5.41, 5.74) is 0.656. The molecule has 1 amide bonds. The predicted molar refractivity (Wildman–Crippen MR) is 78.4 cm³/mol. The van der Waals surface area contributed by atoms with Gasteiger partial charge in [0.1, 0.15) is 5.82 Å². The molecule has 0 fully saturated rings. The van der Waals surface area contributed by atoms with Gasteiger partial charge in [0.15, 0.2) is 0 Å². The summed E-state index contributed by atoms with van der Waals surface area (Å²) in [6.07, 6.45) is 0.998. The van der Waals surface area contributed by atoms with Crippen LogP contribution in [0.5, 0.6) is 0 Å². The van der Waals surface area contributed by atoms with Crippen LogP contribution in [0.3, 0.4) is 0 Å². The summed E-state index contributed by atoms with van der Waals surface area (Å²) < 4.78 is 18.4. The van der Waals surface area contributed by atoms with Crippen molar-refractivity contribution >= 4 is 5.91 Å². The lowest BCUT2D eigenvalue weighted by atomic mass is 10.1. The zero-order valence-corrected chi connectivity index (χ0v) is 12.1. The van der Waals surface area contributed by atoms with E-state index in [4.69, 9.17) is 9.84 Å². The standard InChI is InChI=1S/C16H20FNO3/c1-2-21-11-5-9-18-16(20)15-8-7-14(17)12-13(15)6-3-4-10-19/h7-8,12,19H,2,4-5,9-11H2,1H3,(H,18,20). The minimum absolute atomic E-state index is 0.0682. The molecule has 21 heavy (non-hydrogen) atoms. The smallest absolute Gasteiger partial charge is 0.252 e. The lowest BCUT2D eigenvalue weighted by molar-refractivity contribution is 0.0944. The Morgan fingerprint density at radius 3 is 3.00 bits per heavy atom. The first-order valence-corrected chi connectivity index (χ1v) is 6.94. The Morgan fingerprint density at radius 1 is 1.48 bits per heavy atom. The number of carbonyl (C=O) groups is 1. The first-order valence-electron chi connectivity index (χ1n) is 6.94. The van der Waals surface area contributed by atoms with Crippen LogP contribution in [0.2, 0.25) is 0 Å². The van der Waals surface area contributed by atoms with Gasteiger partial charge in [-0.25, -0.2) is 4.39 Å². The van der Waals surface area contributed by atoms with Crippen LogP contribution in [0.1, 0.15) is 35.7 Å². The van der Waals surface area contributed by atoms with Crippen molar-refractivity contribution < 1.29 is 19.0 Å². The van der Waals surface area contributed by atoms with Gasteiger partial charge < -0.3 is 15.2 Å². The second-order valence-electron chi connectivity index (χ2n) is 4.27. The van der Waals surface area contributed by atoms with E-state index in [2.05, 4.69) is 17.2 Å². The second kappa shape index (κ2) is 9.92. The van der Waals surface area contributed by atoms with Gasteiger partial charge in [0, 0.05) is 31.7 Å². The van der Waals surface area contributed by atoms with Gasteiger partial charge in [0.05, 0.1) is 12.2 Å². The van der Waals surface area contributed by atoms with E-state index in [1.165, 1.54) is 18.2 Å². The molecule has 2 N–H and O–H groups in total. The maximum absolute atomic E-state index is 13.2. The Balaban J connectivity index is 2.68. The van der Waals surface area contributed by atoms with Crippen LogP contribution in [0.25, 0.3) is 0 Å². The average Bonchev–Trinajstić information content (AvgIpc) is 2.47. The minimum atomic E-state index is -0.448. The summed E-state index contributed by atoms with van der Waals surface area (Å²) in [5, 5.41) is 11.4. The molecular formula is C16H20FNO3. The van der Waals surface area contributed by atoms with Crippen molar-refractivity contribution in [2.24, 2.45) is 0 Å². The lowest BCUT2D eigenvalue weighted by Crippen LogP contribution is -2.26. The van der Waals surface area contributed by atoms with Crippen LogP contribution in [0, 0.1) is 17.7 Å². The molecule has 114 valence electrons. The van der Waals surface area contributed by atoms with Crippen molar-refractivity contribution in [3.05, 3.63) is 35.1 Å². The second-order valence-corrected chi connectivity index (χ2v) is 4.27. The van der Waals surface area contributed by atoms with Crippen molar-refractivity contribution in [3.8, 4) is 11.8 Å². The fourth-order valence-corrected chi connectivity index (χ4v) is 1.65. The Bertz CT molecular complexity index is 520. The van der Waals surface area contributed by atoms with Crippen LogP contribution in [0.15, 0.2) is 18.2 Å². The number of hydrogen-bond acceptors (Lipinski definition) is 3. The van der Waals surface area contributed by atoms with Crippen LogP contribution in [0.4, 0.5) is 4.39 Å². The van der Waals surface area contributed by atoms with E-state index in [1.54, 1.807) is 0 Å². The third-order valence-electron chi connectivity index (χ3n) is 2.64. The van der Waals surface area contributed by atoms with Crippen LogP contribution >= 0.6 is 0 Å². The molecule has 0 unspecified atom stereocenters. The average molecular weight is 293 g/mol. The molecule has 1 aromatic carbocycles. The molecule has 0 aliphatic carbocycles. The third-order valence-corrected chi connectivity index (χ3v) is 2.64. The van der Waals surface area contributed by atoms with E-state index >= 15 is 0 Å². The van der Waals surface area contributed by atoms with Crippen molar-refractivity contribution in [1.29, 1.82) is 0 Å². The maximum Gasteiger partial charge on any atom is 0.252 e. The molecule has 1 rings (SSSR count). The number of benzene rings is 1. The topological polar surface area (TPSA) is 58.6 Å². The molecular weight excluding hydrogens is 273 g/mol. The van der Waals surface area contributed by atoms with Gasteiger partial charge in [-0.3, -0.25) is 4.79 Å². The number of amides is 1. The van der Waals surface area contributed by atoms with E-state index in [9.17, 15) is 9.18 Å². The van der Waals surface area contributed by atoms with Crippen molar-refractivity contribution in [3.63, 3.8) is 0 Å².